The Labute approximate surface area is 124 Å². The molecular weight excluding hydrogens is 264 g/mol. The third-order valence-electron chi connectivity index (χ3n) is 3.38. The van der Waals surface area contributed by atoms with Crippen LogP contribution in [0.15, 0.2) is 41.6 Å². The molecule has 0 aliphatic heterocycles. The van der Waals surface area contributed by atoms with Crippen molar-refractivity contribution in [2.45, 2.75) is 20.8 Å². The van der Waals surface area contributed by atoms with Gasteiger partial charge in [0.15, 0.2) is 5.84 Å². The highest BCUT2D eigenvalue weighted by Gasteiger charge is 2.17. The maximum absolute atomic E-state index is 8.98. The molecule has 0 radical (unpaired) electrons. The minimum absolute atomic E-state index is 0.0598. The largest absolute Gasteiger partial charge is 0.409 e. The Kier molecular flexibility index (Phi) is 4.42. The monoisotopic (exact) mass is 284 g/mol. The van der Waals surface area contributed by atoms with Gasteiger partial charge in [0.25, 0.3) is 0 Å². The summed E-state index contributed by atoms with van der Waals surface area (Å²) in [5.41, 5.74) is 9.49. The highest BCUT2D eigenvalue weighted by atomic mass is 16.4. The number of anilines is 2. The fourth-order valence-electron chi connectivity index (χ4n) is 2.30. The van der Waals surface area contributed by atoms with E-state index in [9.17, 15) is 0 Å². The molecular formula is C16H20N4O. The van der Waals surface area contributed by atoms with Crippen LogP contribution in [0.4, 0.5) is 11.5 Å². The van der Waals surface area contributed by atoms with Crippen molar-refractivity contribution in [2.24, 2.45) is 10.9 Å². The minimum atomic E-state index is 0.0598. The first-order valence-electron chi connectivity index (χ1n) is 6.87. The number of hydrogen-bond acceptors (Lipinski definition) is 4. The average Bonchev–Trinajstić information content (AvgIpc) is 2.49. The number of benzene rings is 1. The molecule has 1 aromatic heterocycles. The maximum Gasteiger partial charge on any atom is 0.173 e. The average molecular weight is 284 g/mol. The maximum atomic E-state index is 8.98. The minimum Gasteiger partial charge on any atom is -0.409 e. The standard InChI is InChI=1S/C16H20N4O/c1-4-20(14-8-6-5-7-11(14)2)16-13(15(17)19-21)10-9-12(3)18-16/h5-10,21H,4H2,1-3H3,(H2,17,19). The normalized spacial score (nSPS) is 11.5. The van der Waals surface area contributed by atoms with Crippen molar-refractivity contribution in [3.63, 3.8) is 0 Å². The van der Waals surface area contributed by atoms with Crippen molar-refractivity contribution >= 4 is 17.3 Å². The van der Waals surface area contributed by atoms with Crippen molar-refractivity contribution in [3.8, 4) is 0 Å². The van der Waals surface area contributed by atoms with Gasteiger partial charge in [-0.2, -0.15) is 0 Å². The van der Waals surface area contributed by atoms with Crippen molar-refractivity contribution in [2.75, 3.05) is 11.4 Å². The highest BCUT2D eigenvalue weighted by Crippen LogP contribution is 2.29. The molecule has 0 fully saturated rings. The molecule has 1 aromatic carbocycles. The van der Waals surface area contributed by atoms with E-state index in [-0.39, 0.29) is 5.84 Å². The Hall–Kier alpha value is -2.56. The topological polar surface area (TPSA) is 74.7 Å². The summed E-state index contributed by atoms with van der Waals surface area (Å²) in [7, 11) is 0. The molecule has 0 amide bonds. The van der Waals surface area contributed by atoms with Gasteiger partial charge in [0.1, 0.15) is 5.82 Å². The van der Waals surface area contributed by atoms with E-state index in [0.717, 1.165) is 23.5 Å². The predicted molar refractivity (Wildman–Crippen MR) is 85.3 cm³/mol. The Bertz CT molecular complexity index is 667. The summed E-state index contributed by atoms with van der Waals surface area (Å²) in [6.45, 7) is 6.75. The fraction of sp³-hybridized carbons (Fsp3) is 0.250. The number of para-hydroxylation sites is 1. The molecule has 0 saturated carbocycles. The molecule has 0 unspecified atom stereocenters. The second kappa shape index (κ2) is 6.26. The molecule has 5 nitrogen and oxygen atoms in total. The van der Waals surface area contributed by atoms with Crippen LogP contribution in [0, 0.1) is 13.8 Å². The first-order chi connectivity index (χ1) is 10.1. The lowest BCUT2D eigenvalue weighted by atomic mass is 10.1. The van der Waals surface area contributed by atoms with Crippen molar-refractivity contribution in [1.82, 2.24) is 4.98 Å². The zero-order valence-corrected chi connectivity index (χ0v) is 12.5. The molecule has 21 heavy (non-hydrogen) atoms. The van der Waals surface area contributed by atoms with Crippen molar-refractivity contribution < 1.29 is 5.21 Å². The van der Waals surface area contributed by atoms with Gasteiger partial charge in [-0.1, -0.05) is 23.4 Å². The molecule has 2 aromatic rings. The Morgan fingerprint density at radius 3 is 2.57 bits per heavy atom. The van der Waals surface area contributed by atoms with Crippen molar-refractivity contribution in [3.05, 3.63) is 53.2 Å². The number of amidine groups is 1. The van der Waals surface area contributed by atoms with Gasteiger partial charge < -0.3 is 15.8 Å². The van der Waals surface area contributed by atoms with Gasteiger partial charge in [-0.3, -0.25) is 0 Å². The lowest BCUT2D eigenvalue weighted by Crippen LogP contribution is -2.24. The van der Waals surface area contributed by atoms with E-state index in [2.05, 4.69) is 28.0 Å². The van der Waals surface area contributed by atoms with E-state index in [0.29, 0.717) is 11.4 Å². The Balaban J connectivity index is 2.62. The SMILES string of the molecule is CCN(c1ccccc1C)c1nc(C)ccc1C(N)=NO. The van der Waals surface area contributed by atoms with Gasteiger partial charge in [-0.25, -0.2) is 4.98 Å². The predicted octanol–water partition coefficient (Wildman–Crippen LogP) is 2.95. The molecule has 0 aliphatic carbocycles. The van der Waals surface area contributed by atoms with Crippen LogP contribution < -0.4 is 10.6 Å². The number of oxime groups is 1. The fourth-order valence-corrected chi connectivity index (χ4v) is 2.30. The molecule has 3 N–H and O–H groups in total. The van der Waals surface area contributed by atoms with Crippen molar-refractivity contribution in [1.29, 1.82) is 0 Å². The third-order valence-corrected chi connectivity index (χ3v) is 3.38. The summed E-state index contributed by atoms with van der Waals surface area (Å²) < 4.78 is 0. The smallest absolute Gasteiger partial charge is 0.173 e. The summed E-state index contributed by atoms with van der Waals surface area (Å²) in [6.07, 6.45) is 0. The van der Waals surface area contributed by atoms with Gasteiger partial charge in [-0.05, 0) is 44.5 Å². The number of hydrogen-bond donors (Lipinski definition) is 2. The summed E-state index contributed by atoms with van der Waals surface area (Å²) in [5, 5.41) is 12.1. The lowest BCUT2D eigenvalue weighted by molar-refractivity contribution is 0.318. The van der Waals surface area contributed by atoms with E-state index in [1.54, 1.807) is 0 Å². The number of nitrogens with two attached hydrogens (primary N) is 1. The van der Waals surface area contributed by atoms with E-state index >= 15 is 0 Å². The van der Waals surface area contributed by atoms with E-state index in [1.807, 2.05) is 44.2 Å². The van der Waals surface area contributed by atoms with Gasteiger partial charge >= 0.3 is 0 Å². The van der Waals surface area contributed by atoms with E-state index in [4.69, 9.17) is 10.9 Å². The number of aromatic nitrogens is 1. The van der Waals surface area contributed by atoms with Gasteiger partial charge in [0.2, 0.25) is 0 Å². The molecule has 1 heterocycles. The quantitative estimate of drug-likeness (QED) is 0.392. The van der Waals surface area contributed by atoms with Crippen LogP contribution in [0.3, 0.4) is 0 Å². The molecule has 2 rings (SSSR count). The Morgan fingerprint density at radius 1 is 1.24 bits per heavy atom. The molecule has 0 bridgehead atoms. The molecule has 0 spiro atoms. The Morgan fingerprint density at radius 2 is 1.95 bits per heavy atom. The second-order valence-electron chi connectivity index (χ2n) is 4.84. The number of nitrogens with zero attached hydrogens (tertiary/aromatic N) is 3. The first-order valence-corrected chi connectivity index (χ1v) is 6.87. The van der Waals surface area contributed by atoms with Gasteiger partial charge in [0.05, 0.1) is 5.56 Å². The van der Waals surface area contributed by atoms with E-state index < -0.39 is 0 Å². The van der Waals surface area contributed by atoms with Crippen LogP contribution in [0.2, 0.25) is 0 Å². The zero-order valence-electron chi connectivity index (χ0n) is 12.5. The van der Waals surface area contributed by atoms with Crippen LogP contribution in [0.1, 0.15) is 23.7 Å². The molecule has 0 aliphatic rings. The van der Waals surface area contributed by atoms with Gasteiger partial charge in [-0.15, -0.1) is 0 Å². The van der Waals surface area contributed by atoms with Crippen LogP contribution in [0.5, 0.6) is 0 Å². The molecule has 0 atom stereocenters. The van der Waals surface area contributed by atoms with Crippen LogP contribution in [-0.2, 0) is 0 Å². The van der Waals surface area contributed by atoms with Crippen LogP contribution in [-0.4, -0.2) is 22.6 Å². The van der Waals surface area contributed by atoms with Gasteiger partial charge in [0, 0.05) is 17.9 Å². The lowest BCUT2D eigenvalue weighted by Gasteiger charge is -2.26. The first kappa shape index (κ1) is 14.8. The summed E-state index contributed by atoms with van der Waals surface area (Å²) in [5.74, 6) is 0.756. The third kappa shape index (κ3) is 2.97. The molecule has 0 saturated heterocycles. The summed E-state index contributed by atoms with van der Waals surface area (Å²) >= 11 is 0. The summed E-state index contributed by atoms with van der Waals surface area (Å²) in [6, 6.07) is 11.8. The van der Waals surface area contributed by atoms with Crippen LogP contribution in [0.25, 0.3) is 0 Å². The zero-order chi connectivity index (χ0) is 15.4. The number of rotatable bonds is 4. The number of aryl methyl sites for hydroxylation is 2. The molecule has 110 valence electrons. The second-order valence-corrected chi connectivity index (χ2v) is 4.84. The van der Waals surface area contributed by atoms with E-state index in [1.165, 1.54) is 0 Å². The molecule has 5 heteroatoms. The van der Waals surface area contributed by atoms with Crippen LogP contribution >= 0.6 is 0 Å². The highest BCUT2D eigenvalue weighted by molar-refractivity contribution is 6.02. The number of pyridine rings is 1. The summed E-state index contributed by atoms with van der Waals surface area (Å²) in [4.78, 5) is 6.65.